The van der Waals surface area contributed by atoms with Crippen molar-refractivity contribution in [2.24, 2.45) is 0 Å². The number of carbonyl (C=O) groups excluding carboxylic acids is 1. The molecule has 0 aliphatic heterocycles. The van der Waals surface area contributed by atoms with Crippen LogP contribution in [0.25, 0.3) is 0 Å². The second kappa shape index (κ2) is 7.32. The van der Waals surface area contributed by atoms with Gasteiger partial charge in [-0.25, -0.2) is 0 Å². The zero-order valence-electron chi connectivity index (χ0n) is 13.0. The molecule has 0 fully saturated rings. The number of aryl methyl sites for hydroxylation is 1. The Hall–Kier alpha value is -2.00. The predicted molar refractivity (Wildman–Crippen MR) is 89.7 cm³/mol. The molecule has 0 spiro atoms. The third-order valence-corrected chi connectivity index (χ3v) is 3.99. The largest absolute Gasteiger partial charge is 0.495 e. The number of nitrogens with one attached hydrogen (secondary N) is 1. The number of rotatable bonds is 5. The molecule has 1 amide bonds. The van der Waals surface area contributed by atoms with E-state index in [-0.39, 0.29) is 11.9 Å². The topological polar surface area (TPSA) is 38.3 Å². The molecule has 0 unspecified atom stereocenters. The Morgan fingerprint density at radius 1 is 1.27 bits per heavy atom. The summed E-state index contributed by atoms with van der Waals surface area (Å²) in [5.41, 5.74) is 2.83. The maximum Gasteiger partial charge on any atom is 0.251 e. The van der Waals surface area contributed by atoms with E-state index in [9.17, 15) is 4.79 Å². The summed E-state index contributed by atoms with van der Waals surface area (Å²) in [6.45, 7) is 4.10. The molecule has 4 heteroatoms. The van der Waals surface area contributed by atoms with Crippen molar-refractivity contribution in [3.63, 3.8) is 0 Å². The Kier molecular flexibility index (Phi) is 5.45. The van der Waals surface area contributed by atoms with Crippen LogP contribution in [0.1, 0.15) is 40.9 Å². The van der Waals surface area contributed by atoms with Crippen molar-refractivity contribution < 1.29 is 9.53 Å². The van der Waals surface area contributed by atoms with Crippen molar-refractivity contribution in [3.8, 4) is 5.75 Å². The summed E-state index contributed by atoms with van der Waals surface area (Å²) in [6, 6.07) is 13.1. The van der Waals surface area contributed by atoms with Crippen LogP contribution in [-0.4, -0.2) is 13.0 Å². The van der Waals surface area contributed by atoms with Crippen molar-refractivity contribution in [3.05, 3.63) is 64.2 Å². The van der Waals surface area contributed by atoms with Gasteiger partial charge in [0.1, 0.15) is 5.75 Å². The second-order valence-corrected chi connectivity index (χ2v) is 5.55. The van der Waals surface area contributed by atoms with Crippen LogP contribution < -0.4 is 10.1 Å². The lowest BCUT2D eigenvalue weighted by Crippen LogP contribution is -2.28. The van der Waals surface area contributed by atoms with Crippen LogP contribution in [0.2, 0.25) is 5.02 Å². The highest BCUT2D eigenvalue weighted by molar-refractivity contribution is 6.32. The Balaban J connectivity index is 2.19. The molecule has 0 saturated carbocycles. The van der Waals surface area contributed by atoms with E-state index in [1.165, 1.54) is 5.56 Å². The molecule has 2 rings (SSSR count). The molecule has 0 aliphatic carbocycles. The smallest absolute Gasteiger partial charge is 0.251 e. The number of ether oxygens (including phenoxy) is 1. The Bertz CT molecular complexity index is 670. The maximum absolute atomic E-state index is 12.4. The summed E-state index contributed by atoms with van der Waals surface area (Å²) in [5.74, 6) is 0.420. The summed E-state index contributed by atoms with van der Waals surface area (Å²) in [6.07, 6.45) is 0.820. The van der Waals surface area contributed by atoms with E-state index < -0.39 is 0 Å². The third-order valence-electron chi connectivity index (χ3n) is 3.69. The number of hydrogen-bond donors (Lipinski definition) is 1. The molecular formula is C18H20ClNO2. The van der Waals surface area contributed by atoms with Crippen LogP contribution in [0.4, 0.5) is 0 Å². The van der Waals surface area contributed by atoms with Gasteiger partial charge in [0, 0.05) is 5.56 Å². The fraction of sp³-hybridized carbons (Fsp3) is 0.278. The van der Waals surface area contributed by atoms with Gasteiger partial charge in [0.15, 0.2) is 0 Å². The molecule has 0 aromatic heterocycles. The summed E-state index contributed by atoms with van der Waals surface area (Å²) < 4.78 is 5.10. The molecule has 0 bridgehead atoms. The number of carbonyl (C=O) groups is 1. The zero-order valence-corrected chi connectivity index (χ0v) is 13.8. The first kappa shape index (κ1) is 16.4. The first-order valence-corrected chi connectivity index (χ1v) is 7.64. The fourth-order valence-electron chi connectivity index (χ4n) is 2.43. The molecule has 3 nitrogen and oxygen atoms in total. The van der Waals surface area contributed by atoms with E-state index in [0.717, 1.165) is 12.0 Å². The molecule has 22 heavy (non-hydrogen) atoms. The van der Waals surface area contributed by atoms with Crippen LogP contribution >= 0.6 is 11.6 Å². The molecule has 1 atom stereocenters. The minimum Gasteiger partial charge on any atom is -0.495 e. The lowest BCUT2D eigenvalue weighted by atomic mass is 9.99. The van der Waals surface area contributed by atoms with Gasteiger partial charge >= 0.3 is 0 Å². The monoisotopic (exact) mass is 317 g/mol. The third kappa shape index (κ3) is 3.60. The SMILES string of the molecule is CC[C@@H](NC(=O)c1ccc(OC)c(Cl)c1)c1ccccc1C. The van der Waals surface area contributed by atoms with E-state index in [4.69, 9.17) is 16.3 Å². The average Bonchev–Trinajstić information content (AvgIpc) is 2.53. The van der Waals surface area contributed by atoms with Crippen molar-refractivity contribution in [2.75, 3.05) is 7.11 Å². The Labute approximate surface area is 136 Å². The van der Waals surface area contributed by atoms with Gasteiger partial charge in [-0.2, -0.15) is 0 Å². The van der Waals surface area contributed by atoms with Crippen LogP contribution in [-0.2, 0) is 0 Å². The number of benzene rings is 2. The number of hydrogen-bond acceptors (Lipinski definition) is 2. The van der Waals surface area contributed by atoms with Gasteiger partial charge in [-0.1, -0.05) is 42.8 Å². The lowest BCUT2D eigenvalue weighted by Gasteiger charge is -2.19. The highest BCUT2D eigenvalue weighted by Crippen LogP contribution is 2.26. The van der Waals surface area contributed by atoms with Crippen LogP contribution in [0.15, 0.2) is 42.5 Å². The zero-order chi connectivity index (χ0) is 16.1. The lowest BCUT2D eigenvalue weighted by molar-refractivity contribution is 0.0935. The van der Waals surface area contributed by atoms with Crippen molar-refractivity contribution in [1.29, 1.82) is 0 Å². The highest BCUT2D eigenvalue weighted by Gasteiger charge is 2.16. The van der Waals surface area contributed by atoms with E-state index >= 15 is 0 Å². The number of amides is 1. The van der Waals surface area contributed by atoms with Gasteiger partial charge in [-0.3, -0.25) is 4.79 Å². The minimum absolute atomic E-state index is 0.0189. The Morgan fingerprint density at radius 3 is 2.59 bits per heavy atom. The first-order valence-electron chi connectivity index (χ1n) is 7.26. The van der Waals surface area contributed by atoms with E-state index in [1.807, 2.05) is 31.2 Å². The van der Waals surface area contributed by atoms with Gasteiger partial charge in [-0.05, 0) is 42.7 Å². The summed E-state index contributed by atoms with van der Waals surface area (Å²) in [7, 11) is 1.55. The average molecular weight is 318 g/mol. The second-order valence-electron chi connectivity index (χ2n) is 5.14. The van der Waals surface area contributed by atoms with E-state index in [0.29, 0.717) is 16.3 Å². The highest BCUT2D eigenvalue weighted by atomic mass is 35.5. The molecular weight excluding hydrogens is 298 g/mol. The van der Waals surface area contributed by atoms with E-state index in [1.54, 1.807) is 25.3 Å². The minimum atomic E-state index is -0.139. The standard InChI is InChI=1S/C18H20ClNO2/c1-4-16(14-8-6-5-7-12(14)2)20-18(21)13-9-10-17(22-3)15(19)11-13/h5-11,16H,4H2,1-3H3,(H,20,21)/t16-/m1/s1. The van der Waals surface area contributed by atoms with Gasteiger partial charge in [0.25, 0.3) is 5.91 Å². The Morgan fingerprint density at radius 2 is 2.00 bits per heavy atom. The first-order chi connectivity index (χ1) is 10.6. The maximum atomic E-state index is 12.4. The molecule has 0 aliphatic rings. The summed E-state index contributed by atoms with van der Waals surface area (Å²) in [5, 5.41) is 3.50. The summed E-state index contributed by atoms with van der Waals surface area (Å²) >= 11 is 6.08. The molecule has 0 saturated heterocycles. The molecule has 1 N–H and O–H groups in total. The van der Waals surface area contributed by atoms with Crippen LogP contribution in [0, 0.1) is 6.92 Å². The molecule has 2 aromatic rings. The number of methoxy groups -OCH3 is 1. The molecule has 116 valence electrons. The van der Waals surface area contributed by atoms with Crippen molar-refractivity contribution in [1.82, 2.24) is 5.32 Å². The van der Waals surface area contributed by atoms with Crippen molar-refractivity contribution in [2.45, 2.75) is 26.3 Å². The molecule has 2 aromatic carbocycles. The number of halogens is 1. The van der Waals surface area contributed by atoms with E-state index in [2.05, 4.69) is 12.2 Å². The van der Waals surface area contributed by atoms with Gasteiger partial charge in [-0.15, -0.1) is 0 Å². The quantitative estimate of drug-likeness (QED) is 0.879. The molecule has 0 heterocycles. The van der Waals surface area contributed by atoms with Gasteiger partial charge in [0.05, 0.1) is 18.2 Å². The fourth-order valence-corrected chi connectivity index (χ4v) is 2.68. The summed E-state index contributed by atoms with van der Waals surface area (Å²) in [4.78, 5) is 12.4. The van der Waals surface area contributed by atoms with Crippen LogP contribution in [0.3, 0.4) is 0 Å². The van der Waals surface area contributed by atoms with Gasteiger partial charge in [0.2, 0.25) is 0 Å². The van der Waals surface area contributed by atoms with Crippen molar-refractivity contribution >= 4 is 17.5 Å². The predicted octanol–water partition coefficient (Wildman–Crippen LogP) is 4.54. The normalized spacial score (nSPS) is 11.8. The molecule has 0 radical (unpaired) electrons. The van der Waals surface area contributed by atoms with Crippen LogP contribution in [0.5, 0.6) is 5.75 Å². The van der Waals surface area contributed by atoms with Gasteiger partial charge < -0.3 is 10.1 Å².